The van der Waals surface area contributed by atoms with Gasteiger partial charge in [0, 0.05) is 29.7 Å². The third kappa shape index (κ3) is 7.26. The highest BCUT2D eigenvalue weighted by Gasteiger charge is 2.30. The van der Waals surface area contributed by atoms with Gasteiger partial charge in [0.25, 0.3) is 5.69 Å². The number of hydrogen-bond acceptors (Lipinski definition) is 6. The second-order valence-electron chi connectivity index (χ2n) is 7.27. The number of amides is 2. The van der Waals surface area contributed by atoms with Crippen LogP contribution >= 0.6 is 15.9 Å². The number of sulfonamides is 1. The van der Waals surface area contributed by atoms with E-state index >= 15 is 0 Å². The van der Waals surface area contributed by atoms with Crippen molar-refractivity contribution >= 4 is 49.1 Å². The van der Waals surface area contributed by atoms with Crippen molar-refractivity contribution in [3.8, 4) is 0 Å². The number of nitro groups is 1. The molecule has 1 N–H and O–H groups in total. The fraction of sp³-hybridized carbons (Fsp3) is 0.333. The van der Waals surface area contributed by atoms with Gasteiger partial charge < -0.3 is 10.2 Å². The van der Waals surface area contributed by atoms with Crippen molar-refractivity contribution in [2.24, 2.45) is 0 Å². The Morgan fingerprint density at radius 2 is 1.85 bits per heavy atom. The fourth-order valence-electron chi connectivity index (χ4n) is 3.11. The van der Waals surface area contributed by atoms with E-state index in [1.54, 1.807) is 32.0 Å². The van der Waals surface area contributed by atoms with Gasteiger partial charge in [-0.05, 0) is 37.6 Å². The van der Waals surface area contributed by atoms with Crippen molar-refractivity contribution in [3.05, 3.63) is 68.7 Å². The van der Waals surface area contributed by atoms with Crippen molar-refractivity contribution in [2.45, 2.75) is 26.4 Å². The number of nitro benzene ring substituents is 1. The minimum absolute atomic E-state index is 0.0203. The average Bonchev–Trinajstić information content (AvgIpc) is 2.74. The Hall–Kier alpha value is -2.99. The van der Waals surface area contributed by atoms with Crippen LogP contribution in [0.5, 0.6) is 0 Å². The minimum Gasteiger partial charge on any atom is -0.355 e. The molecule has 2 aromatic rings. The van der Waals surface area contributed by atoms with E-state index in [0.717, 1.165) is 26.7 Å². The van der Waals surface area contributed by atoms with Crippen LogP contribution in [0, 0.1) is 10.1 Å². The molecule has 0 saturated carbocycles. The Kier molecular flexibility index (Phi) is 8.94. The van der Waals surface area contributed by atoms with Crippen molar-refractivity contribution in [1.82, 2.24) is 10.2 Å². The van der Waals surface area contributed by atoms with Gasteiger partial charge in [0.15, 0.2) is 0 Å². The molecule has 12 heteroatoms. The van der Waals surface area contributed by atoms with Gasteiger partial charge in [0.2, 0.25) is 21.8 Å². The first kappa shape index (κ1) is 26.3. The van der Waals surface area contributed by atoms with Crippen LogP contribution in [-0.4, -0.2) is 55.4 Å². The zero-order valence-corrected chi connectivity index (χ0v) is 20.8. The normalized spacial score (nSPS) is 12.0. The van der Waals surface area contributed by atoms with E-state index in [1.807, 2.05) is 6.07 Å². The fourth-order valence-corrected chi connectivity index (χ4v) is 4.40. The highest BCUT2D eigenvalue weighted by atomic mass is 79.9. The van der Waals surface area contributed by atoms with Gasteiger partial charge in [0.1, 0.15) is 12.6 Å². The summed E-state index contributed by atoms with van der Waals surface area (Å²) in [6.45, 7) is 3.10. The topological polar surface area (TPSA) is 130 Å². The summed E-state index contributed by atoms with van der Waals surface area (Å²) in [5.41, 5.74) is 0.401. The quantitative estimate of drug-likeness (QED) is 0.364. The number of likely N-dealkylation sites (N-methyl/N-ethyl adjacent to an activating group) is 1. The number of carbonyl (C=O) groups is 2. The number of halogens is 1. The van der Waals surface area contributed by atoms with Crippen LogP contribution < -0.4 is 9.62 Å². The van der Waals surface area contributed by atoms with Crippen LogP contribution in [0.25, 0.3) is 0 Å². The molecule has 0 saturated heterocycles. The van der Waals surface area contributed by atoms with E-state index in [1.165, 1.54) is 23.1 Å². The summed E-state index contributed by atoms with van der Waals surface area (Å²) >= 11 is 3.37. The molecular formula is C21H25BrN4O6S. The zero-order valence-electron chi connectivity index (χ0n) is 18.4. The molecule has 33 heavy (non-hydrogen) atoms. The van der Waals surface area contributed by atoms with Crippen LogP contribution in [-0.2, 0) is 26.2 Å². The zero-order chi connectivity index (χ0) is 24.8. The molecule has 1 atom stereocenters. The molecule has 0 spiro atoms. The standard InChI is InChI=1S/C21H25BrN4O6S/c1-4-23-21(28)15(2)24(13-16-7-5-8-17(22)11-16)20(27)14-25(33(3,31)32)18-9-6-10-19(12-18)26(29)30/h5-12,15H,4,13-14H2,1-3H3,(H,23,28). The number of benzene rings is 2. The summed E-state index contributed by atoms with van der Waals surface area (Å²) in [7, 11) is -3.97. The third-order valence-electron chi connectivity index (χ3n) is 4.77. The first-order valence-electron chi connectivity index (χ1n) is 9.97. The molecule has 0 radical (unpaired) electrons. The smallest absolute Gasteiger partial charge is 0.271 e. The van der Waals surface area contributed by atoms with Gasteiger partial charge in [0.05, 0.1) is 16.9 Å². The van der Waals surface area contributed by atoms with Gasteiger partial charge in [-0.3, -0.25) is 24.0 Å². The lowest BCUT2D eigenvalue weighted by molar-refractivity contribution is -0.384. The number of non-ortho nitro benzene ring substituents is 1. The summed E-state index contributed by atoms with van der Waals surface area (Å²) in [4.78, 5) is 37.6. The van der Waals surface area contributed by atoms with E-state index in [-0.39, 0.29) is 23.8 Å². The first-order valence-corrected chi connectivity index (χ1v) is 12.6. The number of rotatable bonds is 10. The number of anilines is 1. The van der Waals surface area contributed by atoms with Gasteiger partial charge in [-0.1, -0.05) is 34.1 Å². The second kappa shape index (κ2) is 11.2. The summed E-state index contributed by atoms with van der Waals surface area (Å²) in [5, 5.41) is 13.8. The number of carbonyl (C=O) groups excluding carboxylic acids is 2. The number of hydrogen-bond donors (Lipinski definition) is 1. The van der Waals surface area contributed by atoms with Crippen molar-refractivity contribution in [2.75, 3.05) is 23.7 Å². The molecule has 178 valence electrons. The lowest BCUT2D eigenvalue weighted by Crippen LogP contribution is -2.51. The molecule has 10 nitrogen and oxygen atoms in total. The van der Waals surface area contributed by atoms with Gasteiger partial charge in [-0.15, -0.1) is 0 Å². The van der Waals surface area contributed by atoms with E-state index in [0.29, 0.717) is 6.54 Å². The maximum atomic E-state index is 13.3. The highest BCUT2D eigenvalue weighted by molar-refractivity contribution is 9.10. The third-order valence-corrected chi connectivity index (χ3v) is 6.40. The molecule has 0 aliphatic rings. The van der Waals surface area contributed by atoms with Crippen LogP contribution in [0.15, 0.2) is 53.0 Å². The molecule has 0 aromatic heterocycles. The van der Waals surface area contributed by atoms with Crippen LogP contribution in [0.2, 0.25) is 0 Å². The monoisotopic (exact) mass is 540 g/mol. The molecular weight excluding hydrogens is 516 g/mol. The molecule has 2 amide bonds. The van der Waals surface area contributed by atoms with Crippen LogP contribution in [0.3, 0.4) is 0 Å². The van der Waals surface area contributed by atoms with Crippen LogP contribution in [0.4, 0.5) is 11.4 Å². The Morgan fingerprint density at radius 1 is 1.18 bits per heavy atom. The number of nitrogens with one attached hydrogen (secondary N) is 1. The highest BCUT2D eigenvalue weighted by Crippen LogP contribution is 2.24. The number of nitrogens with zero attached hydrogens (tertiary/aromatic N) is 3. The van der Waals surface area contributed by atoms with E-state index in [4.69, 9.17) is 0 Å². The Morgan fingerprint density at radius 3 is 2.42 bits per heavy atom. The predicted molar refractivity (Wildman–Crippen MR) is 128 cm³/mol. The van der Waals surface area contributed by atoms with Gasteiger partial charge in [-0.2, -0.15) is 0 Å². The van der Waals surface area contributed by atoms with Gasteiger partial charge >= 0.3 is 0 Å². The molecule has 2 rings (SSSR count). The average molecular weight is 541 g/mol. The van der Waals surface area contributed by atoms with Crippen molar-refractivity contribution in [3.63, 3.8) is 0 Å². The molecule has 0 aliphatic carbocycles. The second-order valence-corrected chi connectivity index (χ2v) is 10.1. The molecule has 1 unspecified atom stereocenters. The van der Waals surface area contributed by atoms with Crippen LogP contribution in [0.1, 0.15) is 19.4 Å². The lowest BCUT2D eigenvalue weighted by Gasteiger charge is -2.31. The first-order chi connectivity index (χ1) is 15.4. The lowest BCUT2D eigenvalue weighted by atomic mass is 10.1. The predicted octanol–water partition coefficient (Wildman–Crippen LogP) is 2.68. The molecule has 2 aromatic carbocycles. The molecule has 0 fully saturated rings. The Bertz CT molecular complexity index is 1140. The molecule has 0 heterocycles. The Balaban J connectivity index is 2.42. The summed E-state index contributed by atoms with van der Waals surface area (Å²) in [6.07, 6.45) is 0.908. The van der Waals surface area contributed by atoms with E-state index < -0.39 is 33.4 Å². The van der Waals surface area contributed by atoms with E-state index in [2.05, 4.69) is 21.2 Å². The van der Waals surface area contributed by atoms with Gasteiger partial charge in [-0.25, -0.2) is 8.42 Å². The summed E-state index contributed by atoms with van der Waals surface area (Å²) < 4.78 is 26.5. The maximum absolute atomic E-state index is 13.3. The SMILES string of the molecule is CCNC(=O)C(C)N(Cc1cccc(Br)c1)C(=O)CN(c1cccc([N+](=O)[O-])c1)S(C)(=O)=O. The van der Waals surface area contributed by atoms with Crippen molar-refractivity contribution in [1.29, 1.82) is 0 Å². The molecule has 0 aliphatic heterocycles. The maximum Gasteiger partial charge on any atom is 0.271 e. The minimum atomic E-state index is -3.97. The molecule has 0 bridgehead atoms. The summed E-state index contributed by atoms with van der Waals surface area (Å²) in [5.74, 6) is -1.02. The van der Waals surface area contributed by atoms with E-state index in [9.17, 15) is 28.1 Å². The summed E-state index contributed by atoms with van der Waals surface area (Å²) in [6, 6.07) is 11.3. The largest absolute Gasteiger partial charge is 0.355 e. The Labute approximate surface area is 200 Å². The van der Waals surface area contributed by atoms with Crippen molar-refractivity contribution < 1.29 is 22.9 Å².